The van der Waals surface area contributed by atoms with Crippen molar-refractivity contribution in [1.29, 1.82) is 5.26 Å². The minimum absolute atomic E-state index is 0.0321. The Morgan fingerprint density at radius 2 is 1.86 bits per heavy atom. The third-order valence-electron chi connectivity index (χ3n) is 4.21. The molecule has 0 aliphatic carbocycles. The summed E-state index contributed by atoms with van der Waals surface area (Å²) in [5.41, 5.74) is 0.786. The number of rotatable bonds is 6. The average Bonchev–Trinajstić information content (AvgIpc) is 2.73. The second kappa shape index (κ2) is 8.35. The highest BCUT2D eigenvalue weighted by atomic mass is 32.2. The molecule has 9 nitrogen and oxygen atoms in total. The lowest BCUT2D eigenvalue weighted by Gasteiger charge is -2.26. The van der Waals surface area contributed by atoms with Gasteiger partial charge in [0.1, 0.15) is 6.61 Å². The van der Waals surface area contributed by atoms with Crippen molar-refractivity contribution in [3.63, 3.8) is 0 Å². The Bertz CT molecular complexity index is 1010. The van der Waals surface area contributed by atoms with Gasteiger partial charge >= 0.3 is 5.69 Å². The number of nitrogens with zero attached hydrogens (tertiary/aromatic N) is 3. The molecule has 0 atom stereocenters. The van der Waals surface area contributed by atoms with Gasteiger partial charge in [0.25, 0.3) is 0 Å². The highest BCUT2D eigenvalue weighted by Crippen LogP contribution is 2.31. The first-order valence-electron chi connectivity index (χ1n) is 8.40. The second-order valence-corrected chi connectivity index (χ2v) is 7.94. The number of nitriles is 1. The van der Waals surface area contributed by atoms with Gasteiger partial charge in [0, 0.05) is 19.2 Å². The largest absolute Gasteiger partial charge is 0.482 e. The maximum Gasteiger partial charge on any atom is 0.312 e. The minimum Gasteiger partial charge on any atom is -0.482 e. The number of benzene rings is 2. The van der Waals surface area contributed by atoms with Gasteiger partial charge in [0.05, 0.1) is 34.7 Å². The van der Waals surface area contributed by atoms with Crippen molar-refractivity contribution in [2.24, 2.45) is 0 Å². The Hall–Kier alpha value is -3.00. The van der Waals surface area contributed by atoms with Crippen molar-refractivity contribution < 1.29 is 22.8 Å². The maximum absolute atomic E-state index is 12.7. The van der Waals surface area contributed by atoms with E-state index < -0.39 is 20.6 Å². The van der Waals surface area contributed by atoms with Crippen LogP contribution in [0.1, 0.15) is 11.1 Å². The molecule has 1 aliphatic heterocycles. The van der Waals surface area contributed by atoms with E-state index in [9.17, 15) is 18.5 Å². The van der Waals surface area contributed by atoms with Gasteiger partial charge in [-0.2, -0.15) is 9.57 Å². The van der Waals surface area contributed by atoms with Crippen molar-refractivity contribution in [3.05, 3.63) is 63.7 Å². The van der Waals surface area contributed by atoms with E-state index in [1.165, 1.54) is 16.4 Å². The lowest BCUT2D eigenvalue weighted by Crippen LogP contribution is -2.40. The lowest BCUT2D eigenvalue weighted by atomic mass is 10.1. The van der Waals surface area contributed by atoms with Crippen LogP contribution in [-0.2, 0) is 21.4 Å². The fourth-order valence-corrected chi connectivity index (χ4v) is 4.12. The van der Waals surface area contributed by atoms with E-state index in [4.69, 9.17) is 14.7 Å². The van der Waals surface area contributed by atoms with Crippen LogP contribution in [0.2, 0.25) is 0 Å². The highest BCUT2D eigenvalue weighted by molar-refractivity contribution is 7.89. The molecule has 1 saturated heterocycles. The molecule has 28 heavy (non-hydrogen) atoms. The minimum atomic E-state index is -3.85. The Balaban J connectivity index is 1.82. The molecule has 0 amide bonds. The molecule has 0 spiro atoms. The number of hydrogen-bond donors (Lipinski definition) is 0. The first kappa shape index (κ1) is 19.8. The van der Waals surface area contributed by atoms with E-state index in [0.717, 1.165) is 11.6 Å². The summed E-state index contributed by atoms with van der Waals surface area (Å²) in [5.74, 6) is -0.0321. The summed E-state index contributed by atoms with van der Waals surface area (Å²) in [6.07, 6.45) is 0. The summed E-state index contributed by atoms with van der Waals surface area (Å²) in [6.45, 7) is 1.02. The number of hydrogen-bond acceptors (Lipinski definition) is 7. The number of ether oxygens (including phenoxy) is 2. The zero-order chi connectivity index (χ0) is 20.1. The van der Waals surface area contributed by atoms with Gasteiger partial charge in [-0.3, -0.25) is 10.1 Å². The SMILES string of the molecule is N#Cc1ccc(COc2ccc(S(=O)(=O)N3CCOCC3)cc2[N+](=O)[O-])cc1. The van der Waals surface area contributed by atoms with Crippen LogP contribution in [0.3, 0.4) is 0 Å². The summed E-state index contributed by atoms with van der Waals surface area (Å²) in [5, 5.41) is 20.2. The van der Waals surface area contributed by atoms with Crippen LogP contribution in [0, 0.1) is 21.4 Å². The van der Waals surface area contributed by atoms with Crippen molar-refractivity contribution in [3.8, 4) is 11.8 Å². The quantitative estimate of drug-likeness (QED) is 0.534. The van der Waals surface area contributed by atoms with Crippen LogP contribution < -0.4 is 4.74 Å². The third-order valence-corrected chi connectivity index (χ3v) is 6.11. The molecule has 0 radical (unpaired) electrons. The topological polar surface area (TPSA) is 123 Å². The second-order valence-electron chi connectivity index (χ2n) is 6.00. The van der Waals surface area contributed by atoms with Gasteiger partial charge in [-0.25, -0.2) is 8.42 Å². The van der Waals surface area contributed by atoms with E-state index in [0.29, 0.717) is 5.56 Å². The summed E-state index contributed by atoms with van der Waals surface area (Å²) >= 11 is 0. The van der Waals surface area contributed by atoms with Gasteiger partial charge in [-0.05, 0) is 29.8 Å². The number of nitro groups is 1. The molecule has 0 bridgehead atoms. The van der Waals surface area contributed by atoms with Crippen molar-refractivity contribution in [1.82, 2.24) is 4.31 Å². The van der Waals surface area contributed by atoms with Gasteiger partial charge in [-0.15, -0.1) is 0 Å². The molecule has 1 fully saturated rings. The highest BCUT2D eigenvalue weighted by Gasteiger charge is 2.29. The van der Waals surface area contributed by atoms with Crippen LogP contribution in [0.4, 0.5) is 5.69 Å². The maximum atomic E-state index is 12.7. The smallest absolute Gasteiger partial charge is 0.312 e. The van der Waals surface area contributed by atoms with Crippen LogP contribution in [0.15, 0.2) is 47.4 Å². The number of nitro benzene ring substituents is 1. The molecular weight excluding hydrogens is 386 g/mol. The van der Waals surface area contributed by atoms with Crippen LogP contribution >= 0.6 is 0 Å². The summed E-state index contributed by atoms with van der Waals surface area (Å²) in [4.78, 5) is 10.6. The van der Waals surface area contributed by atoms with Crippen molar-refractivity contribution in [2.45, 2.75) is 11.5 Å². The van der Waals surface area contributed by atoms with Crippen molar-refractivity contribution >= 4 is 15.7 Å². The molecule has 0 saturated carbocycles. The number of morpholine rings is 1. The third kappa shape index (κ3) is 4.28. The molecule has 146 valence electrons. The molecule has 0 aromatic heterocycles. The average molecular weight is 403 g/mol. The van der Waals surface area contributed by atoms with E-state index in [1.54, 1.807) is 24.3 Å². The molecule has 1 aliphatic rings. The summed E-state index contributed by atoms with van der Waals surface area (Å²) in [6, 6.07) is 12.2. The first-order chi connectivity index (χ1) is 13.4. The zero-order valence-corrected chi connectivity index (χ0v) is 15.6. The molecule has 2 aromatic rings. The predicted molar refractivity (Wildman–Crippen MR) is 98.2 cm³/mol. The van der Waals surface area contributed by atoms with Gasteiger partial charge in [0.15, 0.2) is 5.75 Å². The van der Waals surface area contributed by atoms with Gasteiger partial charge < -0.3 is 9.47 Å². The Labute approximate surface area is 161 Å². The summed E-state index contributed by atoms with van der Waals surface area (Å²) in [7, 11) is -3.85. The Morgan fingerprint density at radius 3 is 2.46 bits per heavy atom. The lowest BCUT2D eigenvalue weighted by molar-refractivity contribution is -0.386. The molecule has 0 unspecified atom stereocenters. The molecule has 10 heteroatoms. The first-order valence-corrected chi connectivity index (χ1v) is 9.84. The standard InChI is InChI=1S/C18H17N3O6S/c19-12-14-1-3-15(4-2-14)13-27-18-6-5-16(11-17(18)21(22)23)28(24,25)20-7-9-26-10-8-20/h1-6,11H,7-10,13H2. The van der Waals surface area contributed by atoms with E-state index in [2.05, 4.69) is 0 Å². The fraction of sp³-hybridized carbons (Fsp3) is 0.278. The van der Waals surface area contributed by atoms with Gasteiger partial charge in [-0.1, -0.05) is 12.1 Å². The van der Waals surface area contributed by atoms with E-state index in [-0.39, 0.29) is 43.6 Å². The normalized spacial score (nSPS) is 15.0. The molecule has 0 N–H and O–H groups in total. The molecule has 3 rings (SSSR count). The Kier molecular flexibility index (Phi) is 5.89. The predicted octanol–water partition coefficient (Wildman–Crippen LogP) is 2.07. The summed E-state index contributed by atoms with van der Waals surface area (Å²) < 4.78 is 37.3. The van der Waals surface area contributed by atoms with Crippen LogP contribution in [-0.4, -0.2) is 43.9 Å². The Morgan fingerprint density at radius 1 is 1.18 bits per heavy atom. The molecular formula is C18H17N3O6S. The van der Waals surface area contributed by atoms with E-state index >= 15 is 0 Å². The number of sulfonamides is 1. The monoisotopic (exact) mass is 403 g/mol. The van der Waals surface area contributed by atoms with E-state index in [1.807, 2.05) is 6.07 Å². The molecule has 2 aromatic carbocycles. The molecule has 1 heterocycles. The zero-order valence-electron chi connectivity index (χ0n) is 14.8. The van der Waals surface area contributed by atoms with Crippen LogP contribution in [0.25, 0.3) is 0 Å². The van der Waals surface area contributed by atoms with Crippen LogP contribution in [0.5, 0.6) is 5.75 Å². The van der Waals surface area contributed by atoms with Gasteiger partial charge in [0.2, 0.25) is 10.0 Å². The van der Waals surface area contributed by atoms with Crippen molar-refractivity contribution in [2.75, 3.05) is 26.3 Å². The fourth-order valence-electron chi connectivity index (χ4n) is 2.69.